The van der Waals surface area contributed by atoms with Crippen LogP contribution in [0.15, 0.2) is 65.6 Å². The predicted octanol–water partition coefficient (Wildman–Crippen LogP) is 4.73. The van der Waals surface area contributed by atoms with Crippen molar-refractivity contribution in [2.45, 2.75) is 11.8 Å². The van der Waals surface area contributed by atoms with Gasteiger partial charge in [0.05, 0.1) is 27.5 Å². The van der Waals surface area contributed by atoms with Gasteiger partial charge in [0.25, 0.3) is 15.9 Å². The Hall–Kier alpha value is -2.79. The molecule has 0 fully saturated rings. The van der Waals surface area contributed by atoms with Crippen LogP contribution in [0.3, 0.4) is 0 Å². The van der Waals surface area contributed by atoms with E-state index in [1.54, 1.807) is 19.1 Å². The zero-order valence-corrected chi connectivity index (χ0v) is 20.5. The van der Waals surface area contributed by atoms with E-state index in [9.17, 15) is 21.6 Å². The van der Waals surface area contributed by atoms with Gasteiger partial charge in [-0.15, -0.1) is 0 Å². The van der Waals surface area contributed by atoms with Crippen LogP contribution in [-0.4, -0.2) is 29.0 Å². The number of carbonyl (C=O) groups is 1. The average molecular weight is 528 g/mol. The van der Waals surface area contributed by atoms with E-state index in [4.69, 9.17) is 23.2 Å². The summed E-state index contributed by atoms with van der Waals surface area (Å²) in [6.45, 7) is 1.75. The first kappa shape index (κ1) is 24.8. The number of benzene rings is 3. The number of hydrogen-bond acceptors (Lipinski definition) is 5. The molecule has 3 rings (SSSR count). The largest absolute Gasteiger partial charge is 0.322 e. The minimum atomic E-state index is -3.87. The van der Waals surface area contributed by atoms with Crippen LogP contribution in [0.2, 0.25) is 10.0 Å². The highest BCUT2D eigenvalue weighted by atomic mass is 35.5. The van der Waals surface area contributed by atoms with Gasteiger partial charge in [0.15, 0.2) is 0 Å². The molecule has 0 radical (unpaired) electrons. The Morgan fingerprint density at radius 1 is 0.818 bits per heavy atom. The van der Waals surface area contributed by atoms with E-state index in [2.05, 4.69) is 14.8 Å². The number of aryl methyl sites for hydroxylation is 1. The topological polar surface area (TPSA) is 121 Å². The van der Waals surface area contributed by atoms with E-state index in [1.165, 1.54) is 48.5 Å². The molecule has 3 aromatic carbocycles. The minimum Gasteiger partial charge on any atom is -0.322 e. The third kappa shape index (κ3) is 6.61. The normalized spacial score (nSPS) is 11.6. The predicted molar refractivity (Wildman–Crippen MR) is 131 cm³/mol. The highest BCUT2D eigenvalue weighted by Gasteiger charge is 2.16. The zero-order chi connectivity index (χ0) is 24.4. The lowest BCUT2D eigenvalue weighted by atomic mass is 10.2. The Balaban J connectivity index is 1.73. The molecule has 3 N–H and O–H groups in total. The third-order valence-electron chi connectivity index (χ3n) is 4.39. The molecule has 0 aliphatic carbocycles. The van der Waals surface area contributed by atoms with Crippen LogP contribution in [0, 0.1) is 6.92 Å². The van der Waals surface area contributed by atoms with Gasteiger partial charge in [-0.3, -0.25) is 14.2 Å². The van der Waals surface area contributed by atoms with Gasteiger partial charge in [-0.05, 0) is 67.1 Å². The Morgan fingerprint density at radius 3 is 2.09 bits per heavy atom. The van der Waals surface area contributed by atoms with Gasteiger partial charge < -0.3 is 5.32 Å². The second kappa shape index (κ2) is 9.60. The lowest BCUT2D eigenvalue weighted by molar-refractivity contribution is 0.102. The second-order valence-corrected chi connectivity index (χ2v) is 11.4. The van der Waals surface area contributed by atoms with Crippen molar-refractivity contribution in [2.24, 2.45) is 0 Å². The fourth-order valence-electron chi connectivity index (χ4n) is 2.77. The van der Waals surface area contributed by atoms with E-state index >= 15 is 0 Å². The Labute approximate surface area is 202 Å². The first-order valence-corrected chi connectivity index (χ1v) is 13.4. The van der Waals surface area contributed by atoms with Crippen LogP contribution >= 0.6 is 23.2 Å². The molecular weight excluding hydrogens is 509 g/mol. The van der Waals surface area contributed by atoms with Crippen molar-refractivity contribution in [3.63, 3.8) is 0 Å². The third-order valence-corrected chi connectivity index (χ3v) is 6.91. The van der Waals surface area contributed by atoms with E-state index in [0.717, 1.165) is 6.26 Å². The van der Waals surface area contributed by atoms with Gasteiger partial charge >= 0.3 is 0 Å². The molecule has 0 aliphatic rings. The summed E-state index contributed by atoms with van der Waals surface area (Å²) in [6, 6.07) is 14.6. The first-order valence-electron chi connectivity index (χ1n) is 9.32. The molecule has 0 bridgehead atoms. The molecule has 0 atom stereocenters. The van der Waals surface area contributed by atoms with E-state index in [0.29, 0.717) is 22.0 Å². The summed E-state index contributed by atoms with van der Waals surface area (Å²) in [4.78, 5) is 12.5. The summed E-state index contributed by atoms with van der Waals surface area (Å²) in [5.74, 6) is -0.508. The first-order chi connectivity index (χ1) is 15.3. The molecule has 0 aliphatic heterocycles. The van der Waals surface area contributed by atoms with Gasteiger partial charge in [-0.2, -0.15) is 0 Å². The molecule has 1 amide bonds. The SMILES string of the molecule is Cc1ccc(Cl)cc1NS(=O)(=O)c1ccc(NC(=O)c2ccc(NS(C)(=O)=O)c(Cl)c2)cc1. The quantitative estimate of drug-likeness (QED) is 0.410. The van der Waals surface area contributed by atoms with Crippen LogP contribution in [-0.2, 0) is 20.0 Å². The second-order valence-electron chi connectivity index (χ2n) is 7.11. The lowest BCUT2D eigenvalue weighted by Crippen LogP contribution is -2.15. The number of amides is 1. The van der Waals surface area contributed by atoms with Crippen molar-refractivity contribution >= 4 is 66.2 Å². The van der Waals surface area contributed by atoms with Crippen LogP contribution < -0.4 is 14.8 Å². The minimum absolute atomic E-state index is 0.000814. The number of halogens is 2. The average Bonchev–Trinajstić information content (AvgIpc) is 2.71. The van der Waals surface area contributed by atoms with Crippen LogP contribution in [0.4, 0.5) is 17.1 Å². The van der Waals surface area contributed by atoms with E-state index in [1.807, 2.05) is 0 Å². The molecule has 0 unspecified atom stereocenters. The van der Waals surface area contributed by atoms with Crippen molar-refractivity contribution in [2.75, 3.05) is 21.0 Å². The summed E-state index contributed by atoms with van der Waals surface area (Å²) >= 11 is 12.0. The monoisotopic (exact) mass is 527 g/mol. The van der Waals surface area contributed by atoms with Crippen molar-refractivity contribution in [3.8, 4) is 0 Å². The van der Waals surface area contributed by atoms with E-state index in [-0.39, 0.29) is 21.2 Å². The standard InChI is InChI=1S/C21H19Cl2N3O5S2/c1-13-3-5-15(22)12-20(13)26-33(30,31)17-8-6-16(7-9-17)24-21(27)14-4-10-19(18(23)11-14)25-32(2,28)29/h3-12,25-26H,1-2H3,(H,24,27). The highest BCUT2D eigenvalue weighted by molar-refractivity contribution is 7.92. The van der Waals surface area contributed by atoms with Gasteiger partial charge in [-0.25, -0.2) is 16.8 Å². The number of hydrogen-bond donors (Lipinski definition) is 3. The molecule has 12 heteroatoms. The van der Waals surface area contributed by atoms with Crippen LogP contribution in [0.1, 0.15) is 15.9 Å². The molecule has 3 aromatic rings. The Morgan fingerprint density at radius 2 is 1.48 bits per heavy atom. The number of rotatable bonds is 7. The number of sulfonamides is 2. The summed E-state index contributed by atoms with van der Waals surface area (Å²) in [7, 11) is -7.39. The molecule has 0 saturated carbocycles. The Kier molecular flexibility index (Phi) is 7.23. The summed E-state index contributed by atoms with van der Waals surface area (Å²) in [6.07, 6.45) is 0.986. The molecular formula is C21H19Cl2N3O5S2. The summed E-state index contributed by atoms with van der Waals surface area (Å²) in [5, 5.41) is 3.08. The smallest absolute Gasteiger partial charge is 0.261 e. The maximum absolute atomic E-state index is 12.7. The maximum Gasteiger partial charge on any atom is 0.261 e. The molecule has 0 saturated heterocycles. The van der Waals surface area contributed by atoms with Crippen molar-refractivity contribution < 1.29 is 21.6 Å². The Bertz CT molecular complexity index is 1420. The molecule has 33 heavy (non-hydrogen) atoms. The number of nitrogens with one attached hydrogen (secondary N) is 3. The fourth-order valence-corrected chi connectivity index (χ4v) is 4.92. The number of anilines is 3. The molecule has 174 valence electrons. The molecule has 0 aromatic heterocycles. The zero-order valence-electron chi connectivity index (χ0n) is 17.4. The highest BCUT2D eigenvalue weighted by Crippen LogP contribution is 2.26. The summed E-state index contributed by atoms with van der Waals surface area (Å²) in [5.41, 5.74) is 1.77. The van der Waals surface area contributed by atoms with Gasteiger partial charge in [0, 0.05) is 16.3 Å². The van der Waals surface area contributed by atoms with E-state index < -0.39 is 26.0 Å². The van der Waals surface area contributed by atoms with Crippen molar-refractivity contribution in [3.05, 3.63) is 81.8 Å². The van der Waals surface area contributed by atoms with Crippen molar-refractivity contribution in [1.29, 1.82) is 0 Å². The van der Waals surface area contributed by atoms with Crippen molar-refractivity contribution in [1.82, 2.24) is 0 Å². The molecule has 0 spiro atoms. The molecule has 0 heterocycles. The van der Waals surface area contributed by atoms with Gasteiger partial charge in [0.1, 0.15) is 0 Å². The molecule has 8 nitrogen and oxygen atoms in total. The number of carbonyl (C=O) groups excluding carboxylic acids is 1. The van der Waals surface area contributed by atoms with Gasteiger partial charge in [0.2, 0.25) is 10.0 Å². The van der Waals surface area contributed by atoms with Gasteiger partial charge in [-0.1, -0.05) is 29.3 Å². The fraction of sp³-hybridized carbons (Fsp3) is 0.0952. The lowest BCUT2D eigenvalue weighted by Gasteiger charge is -2.12. The summed E-state index contributed by atoms with van der Waals surface area (Å²) < 4.78 is 52.8. The van der Waals surface area contributed by atoms with Crippen LogP contribution in [0.25, 0.3) is 0 Å². The van der Waals surface area contributed by atoms with Crippen LogP contribution in [0.5, 0.6) is 0 Å². The maximum atomic E-state index is 12.7.